The van der Waals surface area contributed by atoms with Gasteiger partial charge in [-0.05, 0) is 55.0 Å². The highest BCUT2D eigenvalue weighted by molar-refractivity contribution is 7.21. The number of thiophene rings is 1. The highest BCUT2D eigenvalue weighted by Gasteiger charge is 2.20. The molecule has 0 saturated heterocycles. The number of esters is 1. The minimum atomic E-state index is -0.794. The van der Waals surface area contributed by atoms with Crippen LogP contribution in [0, 0.1) is 0 Å². The lowest BCUT2D eigenvalue weighted by Crippen LogP contribution is -2.33. The van der Waals surface area contributed by atoms with Crippen LogP contribution in [0.5, 0.6) is 17.2 Å². The quantitative estimate of drug-likeness (QED) is 0.121. The van der Waals surface area contributed by atoms with Gasteiger partial charge in [0, 0.05) is 15.1 Å². The monoisotopic (exact) mass is 542 g/mol. The molecule has 0 aliphatic rings. The van der Waals surface area contributed by atoms with Crippen molar-refractivity contribution < 1.29 is 23.8 Å². The van der Waals surface area contributed by atoms with E-state index in [4.69, 9.17) is 37.4 Å². The van der Waals surface area contributed by atoms with Gasteiger partial charge in [0.25, 0.3) is 5.91 Å². The Bertz CT molecular complexity index is 1450. The SMILES string of the molecule is COc1cc(C=NNC(=O)C(C)Oc2cccc(Cl)c2)ccc1OC(=O)c1sc2ccccc2c1Cl. The summed E-state index contributed by atoms with van der Waals surface area (Å²) in [4.78, 5) is 25.4. The Hall–Kier alpha value is -3.59. The van der Waals surface area contributed by atoms with Gasteiger partial charge < -0.3 is 14.2 Å². The third-order valence-corrected chi connectivity index (χ3v) is 6.87. The van der Waals surface area contributed by atoms with E-state index in [9.17, 15) is 9.59 Å². The van der Waals surface area contributed by atoms with E-state index in [0.29, 0.717) is 32.0 Å². The van der Waals surface area contributed by atoms with Crippen LogP contribution in [0.4, 0.5) is 0 Å². The minimum absolute atomic E-state index is 0.223. The van der Waals surface area contributed by atoms with Crippen LogP contribution in [0.3, 0.4) is 0 Å². The Labute approximate surface area is 221 Å². The fourth-order valence-corrected chi connectivity index (χ4v) is 4.76. The molecule has 4 rings (SSSR count). The standard InChI is InChI=1S/C26H20Cl2N2O5S/c1-15(34-18-7-5-6-17(27)13-18)25(31)30-29-14-16-10-11-20(21(12-16)33-2)35-26(32)24-23(28)19-8-3-4-9-22(19)36-24/h3-15H,1-2H3,(H,30,31). The normalized spacial score (nSPS) is 11.9. The lowest BCUT2D eigenvalue weighted by molar-refractivity contribution is -0.127. The lowest BCUT2D eigenvalue weighted by atomic mass is 10.2. The largest absolute Gasteiger partial charge is 0.493 e. The molecule has 0 fully saturated rings. The second-order valence-corrected chi connectivity index (χ2v) is 9.36. The van der Waals surface area contributed by atoms with Crippen LogP contribution < -0.4 is 19.6 Å². The number of carbonyl (C=O) groups excluding carboxylic acids is 2. The number of hydrazone groups is 1. The van der Waals surface area contributed by atoms with Gasteiger partial charge in [0.1, 0.15) is 10.6 Å². The van der Waals surface area contributed by atoms with Gasteiger partial charge in [-0.2, -0.15) is 5.10 Å². The van der Waals surface area contributed by atoms with Gasteiger partial charge in [-0.25, -0.2) is 10.2 Å². The third kappa shape index (κ3) is 5.96. The second-order valence-electron chi connectivity index (χ2n) is 7.49. The van der Waals surface area contributed by atoms with Crippen molar-refractivity contribution in [3.05, 3.63) is 87.2 Å². The number of methoxy groups -OCH3 is 1. The Morgan fingerprint density at radius 3 is 2.58 bits per heavy atom. The van der Waals surface area contributed by atoms with E-state index in [-0.39, 0.29) is 5.75 Å². The molecule has 0 aliphatic carbocycles. The predicted octanol–water partition coefficient (Wildman–Crippen LogP) is 6.35. The maximum Gasteiger partial charge on any atom is 0.355 e. The van der Waals surface area contributed by atoms with E-state index in [1.807, 2.05) is 24.3 Å². The molecular formula is C26H20Cl2N2O5S. The molecule has 4 aromatic rings. The van der Waals surface area contributed by atoms with E-state index in [2.05, 4.69) is 10.5 Å². The molecule has 10 heteroatoms. The number of nitrogens with one attached hydrogen (secondary N) is 1. The molecular weight excluding hydrogens is 523 g/mol. The van der Waals surface area contributed by atoms with Gasteiger partial charge >= 0.3 is 5.97 Å². The maximum atomic E-state index is 12.8. The van der Waals surface area contributed by atoms with E-state index in [0.717, 1.165) is 10.1 Å². The van der Waals surface area contributed by atoms with Crippen LogP contribution in [0.25, 0.3) is 10.1 Å². The summed E-state index contributed by atoms with van der Waals surface area (Å²) in [7, 11) is 1.46. The van der Waals surface area contributed by atoms with E-state index in [1.54, 1.807) is 49.4 Å². The predicted molar refractivity (Wildman–Crippen MR) is 142 cm³/mol. The van der Waals surface area contributed by atoms with E-state index < -0.39 is 18.0 Å². The van der Waals surface area contributed by atoms with Crippen molar-refractivity contribution in [2.45, 2.75) is 13.0 Å². The Morgan fingerprint density at radius 1 is 1.03 bits per heavy atom. The summed E-state index contributed by atoms with van der Waals surface area (Å²) < 4.78 is 17.4. The molecule has 0 aliphatic heterocycles. The third-order valence-electron chi connectivity index (χ3n) is 4.98. The number of amides is 1. The molecule has 36 heavy (non-hydrogen) atoms. The Balaban J connectivity index is 1.39. The fourth-order valence-electron chi connectivity index (χ4n) is 3.20. The maximum absolute atomic E-state index is 12.8. The summed E-state index contributed by atoms with van der Waals surface area (Å²) >= 11 is 13.6. The van der Waals surface area contributed by atoms with Gasteiger partial charge in [-0.3, -0.25) is 4.79 Å². The first-order valence-corrected chi connectivity index (χ1v) is 12.3. The van der Waals surface area contributed by atoms with Gasteiger partial charge in [0.05, 0.1) is 18.3 Å². The number of hydrogen-bond donors (Lipinski definition) is 1. The molecule has 0 spiro atoms. The van der Waals surface area contributed by atoms with Crippen molar-refractivity contribution in [3.63, 3.8) is 0 Å². The molecule has 3 aromatic carbocycles. The van der Waals surface area contributed by atoms with Crippen LogP contribution in [0.15, 0.2) is 71.8 Å². The van der Waals surface area contributed by atoms with Crippen molar-refractivity contribution in [2.24, 2.45) is 5.10 Å². The molecule has 0 saturated carbocycles. The first-order chi connectivity index (χ1) is 17.4. The second kappa shape index (κ2) is 11.4. The minimum Gasteiger partial charge on any atom is -0.493 e. The summed E-state index contributed by atoms with van der Waals surface area (Å²) in [5.41, 5.74) is 3.03. The van der Waals surface area contributed by atoms with Crippen LogP contribution >= 0.6 is 34.5 Å². The summed E-state index contributed by atoms with van der Waals surface area (Å²) in [5, 5.41) is 5.62. The van der Waals surface area contributed by atoms with Crippen molar-refractivity contribution in [2.75, 3.05) is 7.11 Å². The molecule has 1 atom stereocenters. The van der Waals surface area contributed by atoms with Crippen molar-refractivity contribution >= 4 is 62.7 Å². The number of ether oxygens (including phenoxy) is 3. The van der Waals surface area contributed by atoms with Crippen molar-refractivity contribution in [3.8, 4) is 17.2 Å². The zero-order valence-electron chi connectivity index (χ0n) is 19.2. The average Bonchev–Trinajstić information content (AvgIpc) is 3.21. The molecule has 1 unspecified atom stereocenters. The Morgan fingerprint density at radius 2 is 1.83 bits per heavy atom. The first-order valence-electron chi connectivity index (χ1n) is 10.7. The molecule has 1 amide bonds. The van der Waals surface area contributed by atoms with Crippen molar-refractivity contribution in [1.29, 1.82) is 0 Å². The first kappa shape index (κ1) is 25.5. The van der Waals surface area contributed by atoms with Crippen molar-refractivity contribution in [1.82, 2.24) is 5.43 Å². The van der Waals surface area contributed by atoms with Gasteiger partial charge in [-0.1, -0.05) is 47.5 Å². The molecule has 1 aromatic heterocycles. The molecule has 0 radical (unpaired) electrons. The molecule has 1 heterocycles. The van der Waals surface area contributed by atoms with E-state index >= 15 is 0 Å². The number of fused-ring (bicyclic) bond motifs is 1. The highest BCUT2D eigenvalue weighted by atomic mass is 35.5. The summed E-state index contributed by atoms with van der Waals surface area (Å²) in [6.07, 6.45) is 0.638. The summed E-state index contributed by atoms with van der Waals surface area (Å²) in [5.74, 6) is -0.0129. The van der Waals surface area contributed by atoms with Gasteiger partial charge in [0.2, 0.25) is 0 Å². The van der Waals surface area contributed by atoms with Crippen LogP contribution in [0.1, 0.15) is 22.2 Å². The fraction of sp³-hybridized carbons (Fsp3) is 0.115. The summed E-state index contributed by atoms with van der Waals surface area (Å²) in [6, 6.07) is 19.1. The number of carbonyl (C=O) groups is 2. The smallest absolute Gasteiger partial charge is 0.355 e. The average molecular weight is 543 g/mol. The van der Waals surface area contributed by atoms with Crippen LogP contribution in [-0.4, -0.2) is 31.3 Å². The number of hydrogen-bond acceptors (Lipinski definition) is 7. The number of rotatable bonds is 8. The highest BCUT2D eigenvalue weighted by Crippen LogP contribution is 2.37. The van der Waals surface area contributed by atoms with Crippen LogP contribution in [0.2, 0.25) is 10.0 Å². The molecule has 0 bridgehead atoms. The molecule has 1 N–H and O–H groups in total. The topological polar surface area (TPSA) is 86.2 Å². The zero-order chi connectivity index (χ0) is 25.7. The number of halogens is 2. The number of benzene rings is 3. The van der Waals surface area contributed by atoms with Gasteiger partial charge in [-0.15, -0.1) is 11.3 Å². The Kier molecular flexibility index (Phi) is 8.10. The van der Waals surface area contributed by atoms with Crippen LogP contribution in [-0.2, 0) is 4.79 Å². The van der Waals surface area contributed by atoms with E-state index in [1.165, 1.54) is 24.7 Å². The molecule has 184 valence electrons. The molecule has 7 nitrogen and oxygen atoms in total. The zero-order valence-corrected chi connectivity index (χ0v) is 21.5. The van der Waals surface area contributed by atoms with Gasteiger partial charge in [0.15, 0.2) is 17.6 Å². The lowest BCUT2D eigenvalue weighted by Gasteiger charge is -2.13. The number of nitrogens with zero attached hydrogens (tertiary/aromatic N) is 1. The summed E-state index contributed by atoms with van der Waals surface area (Å²) in [6.45, 7) is 1.60.